The quantitative estimate of drug-likeness (QED) is 0.647. The van der Waals surface area contributed by atoms with Crippen molar-refractivity contribution in [1.82, 2.24) is 19.6 Å². The fourth-order valence-corrected chi connectivity index (χ4v) is 4.54. The van der Waals surface area contributed by atoms with Crippen molar-refractivity contribution in [3.05, 3.63) is 42.2 Å². The minimum absolute atomic E-state index is 0.0693. The predicted molar refractivity (Wildman–Crippen MR) is 120 cm³/mol. The summed E-state index contributed by atoms with van der Waals surface area (Å²) in [6.07, 6.45) is 9.12. The molecule has 0 unspecified atom stereocenters. The Morgan fingerprint density at radius 3 is 2.65 bits per heavy atom. The topological polar surface area (TPSA) is 59.8 Å². The molecule has 0 radical (unpaired) electrons. The molecule has 0 aliphatic carbocycles. The molecule has 2 fully saturated rings. The fraction of sp³-hybridized carbons (Fsp3) is 0.583. The molecule has 1 aromatic heterocycles. The highest BCUT2D eigenvalue weighted by molar-refractivity contribution is 5.97. The standard InChI is InChI=1S/C24H34N4O3/c1-19(8-17-28-14-5-11-25-28)26-15-9-20(10-16-26)31-23-18-21(30-2)6-7-22(23)24(29)27-12-3-4-13-27/h5-7,11,14,18-20H,3-4,8-10,12-13,15-17H2,1-2H3/t19-/m0/s1. The van der Waals surface area contributed by atoms with Gasteiger partial charge in [0.2, 0.25) is 0 Å². The maximum absolute atomic E-state index is 13.0. The SMILES string of the molecule is COc1ccc(C(=O)N2CCCC2)c(OC2CCN([C@@H](C)CCn3cccn3)CC2)c1. The van der Waals surface area contributed by atoms with Crippen molar-refractivity contribution in [2.45, 2.75) is 57.7 Å². The molecule has 1 atom stereocenters. The number of rotatable bonds is 8. The van der Waals surface area contributed by atoms with Crippen LogP contribution < -0.4 is 9.47 Å². The van der Waals surface area contributed by atoms with Gasteiger partial charge in [-0.2, -0.15) is 5.10 Å². The minimum Gasteiger partial charge on any atom is -0.497 e. The van der Waals surface area contributed by atoms with E-state index in [1.807, 2.05) is 46.2 Å². The average Bonchev–Trinajstić information content (AvgIpc) is 3.52. The molecule has 3 heterocycles. The van der Waals surface area contributed by atoms with Gasteiger partial charge in [0, 0.05) is 57.2 Å². The second-order valence-electron chi connectivity index (χ2n) is 8.62. The number of carbonyl (C=O) groups excluding carboxylic acids is 1. The van der Waals surface area contributed by atoms with Gasteiger partial charge in [-0.1, -0.05) is 0 Å². The highest BCUT2D eigenvalue weighted by Gasteiger charge is 2.27. The maximum Gasteiger partial charge on any atom is 0.257 e. The number of likely N-dealkylation sites (tertiary alicyclic amines) is 2. The number of amides is 1. The lowest BCUT2D eigenvalue weighted by atomic mass is 10.0. The lowest BCUT2D eigenvalue weighted by Crippen LogP contribution is -2.43. The van der Waals surface area contributed by atoms with Gasteiger partial charge in [0.15, 0.2) is 0 Å². The van der Waals surface area contributed by atoms with Crippen molar-refractivity contribution in [1.29, 1.82) is 0 Å². The number of methoxy groups -OCH3 is 1. The van der Waals surface area contributed by atoms with Crippen molar-refractivity contribution < 1.29 is 14.3 Å². The molecule has 2 aliphatic heterocycles. The largest absolute Gasteiger partial charge is 0.497 e. The minimum atomic E-state index is 0.0693. The molecular weight excluding hydrogens is 392 g/mol. The summed E-state index contributed by atoms with van der Waals surface area (Å²) in [7, 11) is 1.64. The van der Waals surface area contributed by atoms with Crippen LogP contribution >= 0.6 is 0 Å². The summed E-state index contributed by atoms with van der Waals surface area (Å²) in [5, 5.41) is 4.29. The van der Waals surface area contributed by atoms with Gasteiger partial charge in [0.25, 0.3) is 5.91 Å². The number of aromatic nitrogens is 2. The zero-order valence-corrected chi connectivity index (χ0v) is 18.7. The Hall–Kier alpha value is -2.54. The van der Waals surface area contributed by atoms with Crippen molar-refractivity contribution in [3.63, 3.8) is 0 Å². The molecule has 0 N–H and O–H groups in total. The highest BCUT2D eigenvalue weighted by atomic mass is 16.5. The number of piperidine rings is 1. The molecule has 2 aliphatic rings. The molecule has 0 bridgehead atoms. The molecule has 2 aromatic rings. The molecule has 0 spiro atoms. The number of carbonyl (C=O) groups is 1. The van der Waals surface area contributed by atoms with E-state index in [0.29, 0.717) is 17.4 Å². The Kier molecular flexibility index (Phi) is 7.12. The van der Waals surface area contributed by atoms with E-state index in [9.17, 15) is 4.79 Å². The summed E-state index contributed by atoms with van der Waals surface area (Å²) in [4.78, 5) is 17.5. The van der Waals surface area contributed by atoms with Gasteiger partial charge in [0.1, 0.15) is 17.6 Å². The maximum atomic E-state index is 13.0. The summed E-state index contributed by atoms with van der Waals surface area (Å²) >= 11 is 0. The first-order valence-electron chi connectivity index (χ1n) is 11.5. The Labute approximate surface area is 184 Å². The summed E-state index contributed by atoms with van der Waals surface area (Å²) in [6.45, 7) is 6.91. The van der Waals surface area contributed by atoms with Crippen LogP contribution in [0.2, 0.25) is 0 Å². The number of hydrogen-bond donors (Lipinski definition) is 0. The van der Waals surface area contributed by atoms with Crippen LogP contribution in [-0.4, -0.2) is 70.9 Å². The van der Waals surface area contributed by atoms with Crippen LogP contribution in [0.3, 0.4) is 0 Å². The molecule has 1 amide bonds. The number of nitrogens with zero attached hydrogens (tertiary/aromatic N) is 4. The Morgan fingerprint density at radius 1 is 1.19 bits per heavy atom. The molecule has 7 nitrogen and oxygen atoms in total. The summed E-state index contributed by atoms with van der Waals surface area (Å²) in [6, 6.07) is 8.03. The molecular formula is C24H34N4O3. The van der Waals surface area contributed by atoms with Gasteiger partial charge >= 0.3 is 0 Å². The monoisotopic (exact) mass is 426 g/mol. The lowest BCUT2D eigenvalue weighted by Gasteiger charge is -2.36. The first kappa shape index (κ1) is 21.7. The third-order valence-electron chi connectivity index (χ3n) is 6.54. The van der Waals surface area contributed by atoms with Crippen molar-refractivity contribution in [3.8, 4) is 11.5 Å². The van der Waals surface area contributed by atoms with E-state index in [0.717, 1.165) is 70.6 Å². The van der Waals surface area contributed by atoms with Crippen LogP contribution in [0.1, 0.15) is 49.4 Å². The van der Waals surface area contributed by atoms with Crippen LogP contribution in [0, 0.1) is 0 Å². The smallest absolute Gasteiger partial charge is 0.257 e. The number of aryl methyl sites for hydroxylation is 1. The lowest BCUT2D eigenvalue weighted by molar-refractivity contribution is 0.0708. The molecule has 168 valence electrons. The Morgan fingerprint density at radius 2 is 1.97 bits per heavy atom. The molecule has 4 rings (SSSR count). The van der Waals surface area contributed by atoms with Crippen LogP contribution in [0.5, 0.6) is 11.5 Å². The van der Waals surface area contributed by atoms with E-state index in [1.54, 1.807) is 7.11 Å². The second kappa shape index (κ2) is 10.2. The van der Waals surface area contributed by atoms with E-state index in [2.05, 4.69) is 16.9 Å². The fourth-order valence-electron chi connectivity index (χ4n) is 4.54. The van der Waals surface area contributed by atoms with Crippen LogP contribution in [0.15, 0.2) is 36.7 Å². The third kappa shape index (κ3) is 5.39. The average molecular weight is 427 g/mol. The van der Waals surface area contributed by atoms with Crippen molar-refractivity contribution in [2.75, 3.05) is 33.3 Å². The van der Waals surface area contributed by atoms with Gasteiger partial charge < -0.3 is 19.3 Å². The van der Waals surface area contributed by atoms with Gasteiger partial charge in [-0.15, -0.1) is 0 Å². The normalized spacial score (nSPS) is 18.8. The Balaban J connectivity index is 1.34. The number of hydrogen-bond acceptors (Lipinski definition) is 5. The van der Waals surface area contributed by atoms with E-state index < -0.39 is 0 Å². The van der Waals surface area contributed by atoms with E-state index in [1.165, 1.54) is 0 Å². The molecule has 0 saturated carbocycles. The molecule has 7 heteroatoms. The zero-order valence-electron chi connectivity index (χ0n) is 18.7. The van der Waals surface area contributed by atoms with Crippen LogP contribution in [-0.2, 0) is 6.54 Å². The zero-order chi connectivity index (χ0) is 21.6. The van der Waals surface area contributed by atoms with Crippen LogP contribution in [0.4, 0.5) is 0 Å². The van der Waals surface area contributed by atoms with Gasteiger partial charge in [-0.3, -0.25) is 9.48 Å². The van der Waals surface area contributed by atoms with E-state index in [4.69, 9.17) is 9.47 Å². The Bertz CT molecular complexity index is 841. The molecule has 2 saturated heterocycles. The first-order valence-corrected chi connectivity index (χ1v) is 11.5. The number of ether oxygens (including phenoxy) is 2. The summed E-state index contributed by atoms with van der Waals surface area (Å²) in [5.74, 6) is 1.44. The van der Waals surface area contributed by atoms with Gasteiger partial charge in [0.05, 0.1) is 12.7 Å². The van der Waals surface area contributed by atoms with Gasteiger partial charge in [-0.05, 0) is 57.2 Å². The third-order valence-corrected chi connectivity index (χ3v) is 6.54. The van der Waals surface area contributed by atoms with Crippen molar-refractivity contribution in [2.24, 2.45) is 0 Å². The second-order valence-corrected chi connectivity index (χ2v) is 8.62. The summed E-state index contributed by atoms with van der Waals surface area (Å²) in [5.41, 5.74) is 0.651. The highest BCUT2D eigenvalue weighted by Crippen LogP contribution is 2.30. The van der Waals surface area contributed by atoms with E-state index >= 15 is 0 Å². The van der Waals surface area contributed by atoms with E-state index in [-0.39, 0.29) is 12.0 Å². The number of benzene rings is 1. The molecule has 31 heavy (non-hydrogen) atoms. The molecule has 1 aromatic carbocycles. The van der Waals surface area contributed by atoms with Crippen LogP contribution in [0.25, 0.3) is 0 Å². The van der Waals surface area contributed by atoms with Crippen molar-refractivity contribution >= 4 is 5.91 Å². The summed E-state index contributed by atoms with van der Waals surface area (Å²) < 4.78 is 13.8. The first-order chi connectivity index (χ1) is 15.1. The van der Waals surface area contributed by atoms with Gasteiger partial charge in [-0.25, -0.2) is 0 Å². The predicted octanol–water partition coefficient (Wildman–Crippen LogP) is 3.45.